The van der Waals surface area contributed by atoms with E-state index in [2.05, 4.69) is 0 Å². The minimum absolute atomic E-state index is 0.0710. The minimum Gasteiger partial charge on any atom is -0.479 e. The van der Waals surface area contributed by atoms with Crippen molar-refractivity contribution in [3.05, 3.63) is 40.8 Å². The molecule has 0 bridgehead atoms. The molecule has 0 radical (unpaired) electrons. The Kier molecular flexibility index (Phi) is 4.00. The maximum Gasteiger partial charge on any atom is 0.334 e. The molecule has 0 aliphatic carbocycles. The number of thiophene rings is 1. The molecule has 1 N–H and O–H groups in total. The van der Waals surface area contributed by atoms with Gasteiger partial charge >= 0.3 is 5.97 Å². The number of hydrogen-bond acceptors (Lipinski definition) is 4. The summed E-state index contributed by atoms with van der Waals surface area (Å²) in [6.45, 7) is 2.24. The molecule has 22 heavy (non-hydrogen) atoms. The number of amides is 1. The molecule has 3 heterocycles. The summed E-state index contributed by atoms with van der Waals surface area (Å²) in [7, 11) is 0. The molecule has 1 aliphatic rings. The zero-order valence-electron chi connectivity index (χ0n) is 12.0. The summed E-state index contributed by atoms with van der Waals surface area (Å²) in [6.07, 6.45) is 2.48. The van der Waals surface area contributed by atoms with Gasteiger partial charge in [0.1, 0.15) is 4.88 Å². The van der Waals surface area contributed by atoms with E-state index in [1.165, 1.54) is 11.3 Å². The maximum absolute atomic E-state index is 12.8. The Labute approximate surface area is 131 Å². The number of carboxylic acids is 1. The Bertz CT molecular complexity index is 680. The van der Waals surface area contributed by atoms with Crippen LogP contribution in [0.5, 0.6) is 0 Å². The Balaban J connectivity index is 1.85. The van der Waals surface area contributed by atoms with Crippen LogP contribution >= 0.6 is 11.3 Å². The predicted molar refractivity (Wildman–Crippen MR) is 81.5 cm³/mol. The Hall–Kier alpha value is -2.12. The van der Waals surface area contributed by atoms with Crippen LogP contribution in [0.2, 0.25) is 0 Å². The topological polar surface area (TPSA) is 71.8 Å². The zero-order chi connectivity index (χ0) is 15.7. The van der Waals surface area contributed by atoms with E-state index >= 15 is 0 Å². The summed E-state index contributed by atoms with van der Waals surface area (Å²) in [6, 6.07) is 5.67. The Morgan fingerprint density at radius 1 is 1.32 bits per heavy atom. The highest BCUT2D eigenvalue weighted by Gasteiger charge is 2.34. The zero-order valence-corrected chi connectivity index (χ0v) is 12.8. The van der Waals surface area contributed by atoms with Crippen LogP contribution in [0, 0.1) is 0 Å². The van der Waals surface area contributed by atoms with Crippen molar-refractivity contribution < 1.29 is 19.4 Å². The summed E-state index contributed by atoms with van der Waals surface area (Å²) < 4.78 is 7.23. The van der Waals surface area contributed by atoms with Gasteiger partial charge in [0, 0.05) is 18.9 Å². The van der Waals surface area contributed by atoms with Gasteiger partial charge in [-0.05, 0) is 30.5 Å². The molecular weight excluding hydrogens is 304 g/mol. The third-order valence-electron chi connectivity index (χ3n) is 3.54. The molecule has 2 aromatic rings. The number of morpholine rings is 1. The molecule has 6 nitrogen and oxygen atoms in total. The van der Waals surface area contributed by atoms with Crippen LogP contribution in [-0.4, -0.2) is 51.7 Å². The monoisotopic (exact) mass is 320 g/mol. The van der Waals surface area contributed by atoms with E-state index in [0.717, 1.165) is 5.69 Å². The molecular formula is C15H16N2O4S. The predicted octanol–water partition coefficient (Wildman–Crippen LogP) is 1.85. The van der Waals surface area contributed by atoms with Crippen LogP contribution in [0.25, 0.3) is 5.69 Å². The normalized spacial score (nSPS) is 21.8. The van der Waals surface area contributed by atoms with Gasteiger partial charge in [0.15, 0.2) is 6.10 Å². The molecule has 0 saturated carbocycles. The van der Waals surface area contributed by atoms with E-state index in [1.54, 1.807) is 11.8 Å². The quantitative estimate of drug-likeness (QED) is 0.937. The SMILES string of the molecule is C[C@@H]1CN(C(=O)c2sccc2-n2cccc2)CC(C(=O)O)O1. The van der Waals surface area contributed by atoms with E-state index in [4.69, 9.17) is 9.84 Å². The van der Waals surface area contributed by atoms with Crippen molar-refractivity contribution in [1.82, 2.24) is 9.47 Å². The van der Waals surface area contributed by atoms with Crippen LogP contribution in [0.15, 0.2) is 36.0 Å². The van der Waals surface area contributed by atoms with Crippen LogP contribution in [0.4, 0.5) is 0 Å². The fourth-order valence-electron chi connectivity index (χ4n) is 2.56. The highest BCUT2D eigenvalue weighted by Crippen LogP contribution is 2.24. The summed E-state index contributed by atoms with van der Waals surface area (Å²) in [5.74, 6) is -1.19. The van der Waals surface area contributed by atoms with Gasteiger partial charge in [0.05, 0.1) is 18.3 Å². The number of nitrogens with zero attached hydrogens (tertiary/aromatic N) is 2. The van der Waals surface area contributed by atoms with Crippen molar-refractivity contribution in [2.24, 2.45) is 0 Å². The number of aliphatic carboxylic acids is 1. The second-order valence-electron chi connectivity index (χ2n) is 5.21. The van der Waals surface area contributed by atoms with E-state index in [1.807, 2.05) is 40.5 Å². The first-order valence-electron chi connectivity index (χ1n) is 6.94. The molecule has 1 saturated heterocycles. The summed E-state index contributed by atoms with van der Waals surface area (Å²) in [4.78, 5) is 26.1. The number of ether oxygens (including phenoxy) is 1. The van der Waals surface area contributed by atoms with Crippen molar-refractivity contribution in [2.45, 2.75) is 19.1 Å². The molecule has 2 aromatic heterocycles. The molecule has 2 atom stereocenters. The van der Waals surface area contributed by atoms with Gasteiger partial charge in [0.2, 0.25) is 0 Å². The number of aromatic nitrogens is 1. The van der Waals surface area contributed by atoms with Gasteiger partial charge in [-0.2, -0.15) is 0 Å². The molecule has 1 fully saturated rings. The van der Waals surface area contributed by atoms with Gasteiger partial charge in [0.25, 0.3) is 5.91 Å². The van der Waals surface area contributed by atoms with Crippen LogP contribution < -0.4 is 0 Å². The van der Waals surface area contributed by atoms with Crippen molar-refractivity contribution in [3.63, 3.8) is 0 Å². The van der Waals surface area contributed by atoms with Crippen molar-refractivity contribution in [2.75, 3.05) is 13.1 Å². The lowest BCUT2D eigenvalue weighted by Crippen LogP contribution is -2.51. The third kappa shape index (κ3) is 2.77. The largest absolute Gasteiger partial charge is 0.479 e. The minimum atomic E-state index is -1.04. The lowest BCUT2D eigenvalue weighted by atomic mass is 10.2. The second-order valence-corrected chi connectivity index (χ2v) is 6.13. The highest BCUT2D eigenvalue weighted by molar-refractivity contribution is 7.12. The summed E-state index contributed by atoms with van der Waals surface area (Å²) in [5, 5.41) is 11.0. The summed E-state index contributed by atoms with van der Waals surface area (Å²) in [5.41, 5.74) is 0.811. The van der Waals surface area contributed by atoms with Gasteiger partial charge < -0.3 is 19.3 Å². The molecule has 0 aromatic carbocycles. The van der Waals surface area contributed by atoms with Gasteiger partial charge in [-0.1, -0.05) is 0 Å². The van der Waals surface area contributed by atoms with Crippen molar-refractivity contribution in [3.8, 4) is 5.69 Å². The Morgan fingerprint density at radius 2 is 2.05 bits per heavy atom. The lowest BCUT2D eigenvalue weighted by molar-refractivity contribution is -0.160. The molecule has 0 spiro atoms. The number of carboxylic acid groups (broad SMARTS) is 1. The molecule has 1 amide bonds. The van der Waals surface area contributed by atoms with E-state index < -0.39 is 12.1 Å². The second kappa shape index (κ2) is 5.94. The van der Waals surface area contributed by atoms with E-state index in [9.17, 15) is 9.59 Å². The smallest absolute Gasteiger partial charge is 0.334 e. The number of hydrogen-bond donors (Lipinski definition) is 1. The number of carbonyl (C=O) groups is 2. The Morgan fingerprint density at radius 3 is 2.73 bits per heavy atom. The first-order chi connectivity index (χ1) is 10.6. The molecule has 1 unspecified atom stereocenters. The molecule has 1 aliphatic heterocycles. The number of rotatable bonds is 3. The standard InChI is InChI=1S/C15H16N2O4S/c1-10-8-17(9-12(21-10)15(19)20)14(18)13-11(4-7-22-13)16-5-2-3-6-16/h2-7,10,12H,8-9H2,1H3,(H,19,20)/t10-,12?/m1/s1. The van der Waals surface area contributed by atoms with Crippen molar-refractivity contribution in [1.29, 1.82) is 0 Å². The van der Waals surface area contributed by atoms with Crippen LogP contribution in [-0.2, 0) is 9.53 Å². The van der Waals surface area contributed by atoms with Crippen LogP contribution in [0.3, 0.4) is 0 Å². The number of carbonyl (C=O) groups excluding carboxylic acids is 1. The van der Waals surface area contributed by atoms with Crippen LogP contribution in [0.1, 0.15) is 16.6 Å². The lowest BCUT2D eigenvalue weighted by Gasteiger charge is -2.34. The molecule has 3 rings (SSSR count). The molecule has 116 valence electrons. The van der Waals surface area contributed by atoms with Gasteiger partial charge in [-0.25, -0.2) is 4.79 Å². The first kappa shape index (κ1) is 14.8. The van der Waals surface area contributed by atoms with E-state index in [-0.39, 0.29) is 18.6 Å². The van der Waals surface area contributed by atoms with E-state index in [0.29, 0.717) is 11.4 Å². The average molecular weight is 320 g/mol. The van der Waals surface area contributed by atoms with Gasteiger partial charge in [-0.3, -0.25) is 4.79 Å². The summed E-state index contributed by atoms with van der Waals surface area (Å²) >= 11 is 1.36. The highest BCUT2D eigenvalue weighted by atomic mass is 32.1. The fraction of sp³-hybridized carbons (Fsp3) is 0.333. The first-order valence-corrected chi connectivity index (χ1v) is 7.82. The third-order valence-corrected chi connectivity index (χ3v) is 4.44. The molecule has 7 heteroatoms. The average Bonchev–Trinajstić information content (AvgIpc) is 3.16. The van der Waals surface area contributed by atoms with Gasteiger partial charge in [-0.15, -0.1) is 11.3 Å². The fourth-order valence-corrected chi connectivity index (χ4v) is 3.42. The van der Waals surface area contributed by atoms with Crippen molar-refractivity contribution >= 4 is 23.2 Å². The maximum atomic E-state index is 12.8.